The lowest BCUT2D eigenvalue weighted by atomic mass is 10.5. The number of nitrogens with zero attached hydrogens (tertiary/aromatic N) is 2. The Labute approximate surface area is 124 Å². The predicted molar refractivity (Wildman–Crippen MR) is 87.7 cm³/mol. The van der Waals surface area contributed by atoms with E-state index in [0.717, 1.165) is 57.7 Å². The van der Waals surface area contributed by atoms with Crippen molar-refractivity contribution in [3.8, 4) is 0 Å². The van der Waals surface area contributed by atoms with Gasteiger partial charge in [0, 0.05) is 13.1 Å². The molecule has 0 aromatic carbocycles. The highest BCUT2D eigenvalue weighted by molar-refractivity contribution is 5.79. The van der Waals surface area contributed by atoms with E-state index in [-0.39, 0.29) is 0 Å². The van der Waals surface area contributed by atoms with Gasteiger partial charge in [-0.2, -0.15) is 0 Å². The molecule has 0 aromatic heterocycles. The Kier molecular flexibility index (Phi) is 11.7. The largest absolute Gasteiger partial charge is 0.357 e. The van der Waals surface area contributed by atoms with E-state index in [1.807, 2.05) is 0 Å². The molecule has 0 saturated heterocycles. The number of hydrogen-bond donors (Lipinski definition) is 4. The van der Waals surface area contributed by atoms with Gasteiger partial charge in [-0.3, -0.25) is 20.2 Å². The summed E-state index contributed by atoms with van der Waals surface area (Å²) in [4.78, 5) is 4.52. The van der Waals surface area contributed by atoms with Crippen molar-refractivity contribution >= 4 is 11.9 Å². The molecule has 4 N–H and O–H groups in total. The highest BCUT2D eigenvalue weighted by atomic mass is 15.2. The lowest BCUT2D eigenvalue weighted by Crippen LogP contribution is -2.46. The quantitative estimate of drug-likeness (QED) is 0.222. The smallest absolute Gasteiger partial charge is 0.345 e. The molecule has 0 fully saturated rings. The fourth-order valence-electron chi connectivity index (χ4n) is 1.84. The summed E-state index contributed by atoms with van der Waals surface area (Å²) in [5, 5.41) is 13.2. The SMILES string of the molecule is CCNC(=NCCNC(NCC)=[N+](CC)CC)NCC. The van der Waals surface area contributed by atoms with E-state index in [0.29, 0.717) is 0 Å². The molecule has 0 unspecified atom stereocenters. The third-order valence-corrected chi connectivity index (χ3v) is 2.79. The number of guanidine groups is 2. The van der Waals surface area contributed by atoms with Crippen LogP contribution in [0.1, 0.15) is 34.6 Å². The highest BCUT2D eigenvalue weighted by Crippen LogP contribution is 1.78. The van der Waals surface area contributed by atoms with Crippen molar-refractivity contribution in [1.29, 1.82) is 0 Å². The summed E-state index contributed by atoms with van der Waals surface area (Å²) in [6.07, 6.45) is 0. The van der Waals surface area contributed by atoms with Crippen molar-refractivity contribution in [1.82, 2.24) is 21.3 Å². The van der Waals surface area contributed by atoms with Gasteiger partial charge < -0.3 is 10.6 Å². The van der Waals surface area contributed by atoms with Crippen molar-refractivity contribution in [3.05, 3.63) is 0 Å². The first-order valence-corrected chi connectivity index (χ1v) is 7.85. The van der Waals surface area contributed by atoms with E-state index in [1.165, 1.54) is 0 Å². The topological polar surface area (TPSA) is 63.5 Å². The van der Waals surface area contributed by atoms with Gasteiger partial charge in [-0.15, -0.1) is 0 Å². The molecule has 20 heavy (non-hydrogen) atoms. The Morgan fingerprint density at radius 1 is 0.800 bits per heavy atom. The second kappa shape index (κ2) is 12.6. The number of nitrogens with one attached hydrogen (secondary N) is 4. The molecule has 6 heteroatoms. The van der Waals surface area contributed by atoms with Crippen LogP contribution in [0.3, 0.4) is 0 Å². The highest BCUT2D eigenvalue weighted by Gasteiger charge is 2.08. The standard InChI is InChI=1S/C14H32N6/c1-6-15-13(16-7-2)18-11-12-19-14(17-8-3)20(9-4)10-5/h6-12H2,1-5H3,(H3,15,16,17,18,19)/p+1. The molecule has 0 saturated carbocycles. The van der Waals surface area contributed by atoms with Crippen LogP contribution in [0.25, 0.3) is 0 Å². The maximum atomic E-state index is 4.52. The molecular weight excluding hydrogens is 252 g/mol. The minimum atomic E-state index is 0.742. The van der Waals surface area contributed by atoms with Crippen LogP contribution in [0.5, 0.6) is 0 Å². The maximum Gasteiger partial charge on any atom is 0.345 e. The average molecular weight is 285 g/mol. The second-order valence-electron chi connectivity index (χ2n) is 4.27. The first kappa shape index (κ1) is 18.5. The van der Waals surface area contributed by atoms with Gasteiger partial charge in [0.2, 0.25) is 0 Å². The molecule has 0 atom stereocenters. The molecule has 0 amide bonds. The fourth-order valence-corrected chi connectivity index (χ4v) is 1.84. The zero-order valence-corrected chi connectivity index (χ0v) is 13.8. The van der Waals surface area contributed by atoms with E-state index < -0.39 is 0 Å². The Morgan fingerprint density at radius 3 is 1.80 bits per heavy atom. The van der Waals surface area contributed by atoms with Crippen LogP contribution >= 0.6 is 0 Å². The summed E-state index contributed by atoms with van der Waals surface area (Å²) >= 11 is 0. The van der Waals surface area contributed by atoms with Gasteiger partial charge in [-0.1, -0.05) is 0 Å². The van der Waals surface area contributed by atoms with E-state index in [4.69, 9.17) is 0 Å². The predicted octanol–water partition coefficient (Wildman–Crippen LogP) is 0.169. The summed E-state index contributed by atoms with van der Waals surface area (Å²) in [7, 11) is 0. The summed E-state index contributed by atoms with van der Waals surface area (Å²) < 4.78 is 2.28. The molecule has 0 bridgehead atoms. The van der Waals surface area contributed by atoms with Crippen LogP contribution in [-0.2, 0) is 0 Å². The molecule has 0 aliphatic rings. The van der Waals surface area contributed by atoms with Crippen LogP contribution in [0, 0.1) is 0 Å². The second-order valence-corrected chi connectivity index (χ2v) is 4.27. The van der Waals surface area contributed by atoms with Crippen LogP contribution < -0.4 is 21.3 Å². The zero-order chi connectivity index (χ0) is 15.2. The van der Waals surface area contributed by atoms with E-state index in [9.17, 15) is 0 Å². The van der Waals surface area contributed by atoms with Crippen LogP contribution in [0.15, 0.2) is 4.99 Å². The molecule has 0 aliphatic carbocycles. The van der Waals surface area contributed by atoms with Crippen LogP contribution in [0.4, 0.5) is 0 Å². The van der Waals surface area contributed by atoms with Crippen molar-refractivity contribution in [3.63, 3.8) is 0 Å². The third-order valence-electron chi connectivity index (χ3n) is 2.79. The molecular formula is C14H33N6+. The summed E-state index contributed by atoms with van der Waals surface area (Å²) in [6, 6.07) is 0. The van der Waals surface area contributed by atoms with Gasteiger partial charge in [-0.05, 0) is 34.6 Å². The van der Waals surface area contributed by atoms with Crippen LogP contribution in [-0.4, -0.2) is 62.3 Å². The lowest BCUT2D eigenvalue weighted by molar-refractivity contribution is -0.524. The van der Waals surface area contributed by atoms with Gasteiger partial charge in [0.15, 0.2) is 5.96 Å². The molecule has 118 valence electrons. The minimum absolute atomic E-state index is 0.742. The molecule has 6 nitrogen and oxygen atoms in total. The fraction of sp³-hybridized carbons (Fsp3) is 0.857. The minimum Gasteiger partial charge on any atom is -0.357 e. The Balaban J connectivity index is 4.35. The maximum absolute atomic E-state index is 4.52. The monoisotopic (exact) mass is 285 g/mol. The average Bonchev–Trinajstić information content (AvgIpc) is 2.45. The number of hydrogen-bond acceptors (Lipinski definition) is 1. The van der Waals surface area contributed by atoms with Gasteiger partial charge in [-0.25, -0.2) is 0 Å². The third kappa shape index (κ3) is 7.86. The Bertz CT molecular complexity index is 284. The van der Waals surface area contributed by atoms with Crippen molar-refractivity contribution in [2.24, 2.45) is 4.99 Å². The zero-order valence-electron chi connectivity index (χ0n) is 13.8. The molecule has 0 aliphatic heterocycles. The van der Waals surface area contributed by atoms with Gasteiger partial charge in [0.1, 0.15) is 0 Å². The molecule has 0 heterocycles. The van der Waals surface area contributed by atoms with Crippen molar-refractivity contribution in [2.75, 3.05) is 45.8 Å². The van der Waals surface area contributed by atoms with E-state index >= 15 is 0 Å². The molecule has 0 aromatic rings. The van der Waals surface area contributed by atoms with Gasteiger partial charge >= 0.3 is 5.96 Å². The molecule has 0 spiro atoms. The van der Waals surface area contributed by atoms with Gasteiger partial charge in [0.25, 0.3) is 0 Å². The van der Waals surface area contributed by atoms with E-state index in [2.05, 4.69) is 65.5 Å². The van der Waals surface area contributed by atoms with Gasteiger partial charge in [0.05, 0.1) is 32.7 Å². The number of rotatable bonds is 8. The summed E-state index contributed by atoms with van der Waals surface area (Å²) in [5.41, 5.74) is 0. The Morgan fingerprint density at radius 2 is 1.35 bits per heavy atom. The Hall–Kier alpha value is -1.46. The number of aliphatic imine (C=N–C) groups is 1. The first-order valence-electron chi connectivity index (χ1n) is 7.85. The van der Waals surface area contributed by atoms with Crippen LogP contribution in [0.2, 0.25) is 0 Å². The van der Waals surface area contributed by atoms with E-state index in [1.54, 1.807) is 0 Å². The normalized spacial score (nSPS) is 9.65. The summed E-state index contributed by atoms with van der Waals surface area (Å²) in [6.45, 7) is 16.8. The molecule has 0 rings (SSSR count). The van der Waals surface area contributed by atoms with Crippen molar-refractivity contribution < 1.29 is 4.58 Å². The summed E-state index contributed by atoms with van der Waals surface area (Å²) in [5.74, 6) is 1.98. The lowest BCUT2D eigenvalue weighted by Gasteiger charge is -2.11. The first-order chi connectivity index (χ1) is 9.73. The van der Waals surface area contributed by atoms with Crippen molar-refractivity contribution in [2.45, 2.75) is 34.6 Å². The molecule has 0 radical (unpaired) electrons.